The first-order valence-electron chi connectivity index (χ1n) is 3.39. The van der Waals surface area contributed by atoms with Gasteiger partial charge in [-0.25, -0.2) is 0 Å². The third-order valence-corrected chi connectivity index (χ3v) is 2.65. The van der Waals surface area contributed by atoms with Gasteiger partial charge in [0.15, 0.2) is 0 Å². The molecule has 0 aliphatic heterocycles. The van der Waals surface area contributed by atoms with Gasteiger partial charge in [-0.2, -0.15) is 0 Å². The van der Waals surface area contributed by atoms with Crippen molar-refractivity contribution >= 4 is 27.6 Å². The molecule has 0 aliphatic carbocycles. The molecular formula is C9H7NS. The Kier molecular flexibility index (Phi) is 1.47. The van der Waals surface area contributed by atoms with Crippen molar-refractivity contribution in [2.75, 3.05) is 0 Å². The molecule has 1 N–H and O–H groups in total. The zero-order chi connectivity index (χ0) is 7.68. The van der Waals surface area contributed by atoms with E-state index in [1.807, 2.05) is 18.2 Å². The van der Waals surface area contributed by atoms with Crippen molar-refractivity contribution in [2.45, 2.75) is 0 Å². The summed E-state index contributed by atoms with van der Waals surface area (Å²) in [7, 11) is 0. The fourth-order valence-electron chi connectivity index (χ4n) is 1.07. The molecule has 0 aliphatic rings. The largest absolute Gasteiger partial charge is 0.307 e. The maximum atomic E-state index is 7.06. The second kappa shape index (κ2) is 2.47. The third-order valence-electron chi connectivity index (χ3n) is 1.59. The smallest absolute Gasteiger partial charge is 0.0458 e. The molecule has 54 valence electrons. The molecule has 11 heavy (non-hydrogen) atoms. The second-order valence-electron chi connectivity index (χ2n) is 2.33. The van der Waals surface area contributed by atoms with Gasteiger partial charge in [0.25, 0.3) is 0 Å². The van der Waals surface area contributed by atoms with Crippen molar-refractivity contribution in [3.63, 3.8) is 0 Å². The molecule has 0 fully saturated rings. The first-order valence-corrected chi connectivity index (χ1v) is 4.21. The Bertz CT molecular complexity index is 356. The Labute approximate surface area is 68.8 Å². The SMILES string of the molecule is N=Cc1cc2ccccc2s1. The lowest BCUT2D eigenvalue weighted by Crippen LogP contribution is -1.62. The van der Waals surface area contributed by atoms with Crippen LogP contribution in [0.4, 0.5) is 0 Å². The Balaban J connectivity index is 2.78. The second-order valence-corrected chi connectivity index (χ2v) is 3.45. The highest BCUT2D eigenvalue weighted by molar-refractivity contribution is 7.20. The molecular weight excluding hydrogens is 154 g/mol. The van der Waals surface area contributed by atoms with Crippen molar-refractivity contribution in [1.82, 2.24) is 0 Å². The van der Waals surface area contributed by atoms with Crippen molar-refractivity contribution in [3.8, 4) is 0 Å². The van der Waals surface area contributed by atoms with E-state index in [1.165, 1.54) is 16.3 Å². The zero-order valence-electron chi connectivity index (χ0n) is 5.87. The molecule has 0 saturated carbocycles. The molecule has 0 amide bonds. The average Bonchev–Trinajstić information content (AvgIpc) is 2.46. The molecule has 0 atom stereocenters. The maximum Gasteiger partial charge on any atom is 0.0458 e. The van der Waals surface area contributed by atoms with Gasteiger partial charge in [0.2, 0.25) is 0 Å². The first-order chi connectivity index (χ1) is 5.40. The highest BCUT2D eigenvalue weighted by Crippen LogP contribution is 2.23. The van der Waals surface area contributed by atoms with E-state index in [-0.39, 0.29) is 0 Å². The van der Waals surface area contributed by atoms with E-state index < -0.39 is 0 Å². The monoisotopic (exact) mass is 161 g/mol. The summed E-state index contributed by atoms with van der Waals surface area (Å²) in [5.74, 6) is 0. The number of thiophene rings is 1. The molecule has 2 rings (SSSR count). The molecule has 0 bridgehead atoms. The van der Waals surface area contributed by atoms with E-state index in [9.17, 15) is 0 Å². The summed E-state index contributed by atoms with van der Waals surface area (Å²) in [5, 5.41) is 8.29. The van der Waals surface area contributed by atoms with Crippen LogP contribution in [0.3, 0.4) is 0 Å². The quantitative estimate of drug-likeness (QED) is 0.622. The van der Waals surface area contributed by atoms with Crippen LogP contribution in [0, 0.1) is 5.41 Å². The summed E-state index contributed by atoms with van der Waals surface area (Å²) in [6, 6.07) is 10.2. The predicted molar refractivity (Wildman–Crippen MR) is 49.7 cm³/mol. The van der Waals surface area contributed by atoms with Gasteiger partial charge in [-0.05, 0) is 17.5 Å². The molecule has 0 saturated heterocycles. The van der Waals surface area contributed by atoms with Gasteiger partial charge in [-0.3, -0.25) is 0 Å². The van der Waals surface area contributed by atoms with Crippen molar-refractivity contribution in [3.05, 3.63) is 35.2 Å². The highest BCUT2D eigenvalue weighted by atomic mass is 32.1. The van der Waals surface area contributed by atoms with Gasteiger partial charge in [-0.1, -0.05) is 18.2 Å². The van der Waals surface area contributed by atoms with Crippen molar-refractivity contribution < 1.29 is 0 Å². The lowest BCUT2D eigenvalue weighted by Gasteiger charge is -1.82. The van der Waals surface area contributed by atoms with Gasteiger partial charge in [0, 0.05) is 15.8 Å². The van der Waals surface area contributed by atoms with E-state index in [0.717, 1.165) is 4.88 Å². The van der Waals surface area contributed by atoms with Crippen LogP contribution in [-0.2, 0) is 0 Å². The number of hydrogen-bond acceptors (Lipinski definition) is 2. The highest BCUT2D eigenvalue weighted by Gasteiger charge is 1.96. The van der Waals surface area contributed by atoms with Crippen LogP contribution in [-0.4, -0.2) is 6.21 Å². The van der Waals surface area contributed by atoms with Gasteiger partial charge in [0.1, 0.15) is 0 Å². The summed E-state index contributed by atoms with van der Waals surface area (Å²) in [5.41, 5.74) is 0. The Morgan fingerprint density at radius 1 is 1.27 bits per heavy atom. The summed E-state index contributed by atoms with van der Waals surface area (Å²) in [4.78, 5) is 1.02. The van der Waals surface area contributed by atoms with Crippen LogP contribution in [0.2, 0.25) is 0 Å². The molecule has 1 heterocycles. The van der Waals surface area contributed by atoms with Crippen LogP contribution < -0.4 is 0 Å². The minimum atomic E-state index is 1.02. The lowest BCUT2D eigenvalue weighted by molar-refractivity contribution is 1.57. The Morgan fingerprint density at radius 3 is 2.82 bits per heavy atom. The molecule has 1 aromatic heterocycles. The van der Waals surface area contributed by atoms with Gasteiger partial charge in [-0.15, -0.1) is 11.3 Å². The molecule has 2 heteroatoms. The molecule has 0 unspecified atom stereocenters. The number of nitrogens with one attached hydrogen (secondary N) is 1. The Hall–Kier alpha value is -1.15. The van der Waals surface area contributed by atoms with Crippen LogP contribution in [0.25, 0.3) is 10.1 Å². The summed E-state index contributed by atoms with van der Waals surface area (Å²) in [6.07, 6.45) is 1.39. The predicted octanol–water partition coefficient (Wildman–Crippen LogP) is 2.90. The van der Waals surface area contributed by atoms with Crippen molar-refractivity contribution in [1.29, 1.82) is 5.41 Å². The summed E-state index contributed by atoms with van der Waals surface area (Å²) >= 11 is 1.65. The van der Waals surface area contributed by atoms with Crippen LogP contribution in [0.5, 0.6) is 0 Å². The normalized spacial score (nSPS) is 10.2. The fraction of sp³-hybridized carbons (Fsp3) is 0. The van der Waals surface area contributed by atoms with E-state index in [0.29, 0.717) is 0 Å². The van der Waals surface area contributed by atoms with E-state index in [4.69, 9.17) is 5.41 Å². The van der Waals surface area contributed by atoms with Gasteiger partial charge < -0.3 is 5.41 Å². The number of rotatable bonds is 1. The minimum absolute atomic E-state index is 1.02. The molecule has 0 spiro atoms. The maximum absolute atomic E-state index is 7.06. The van der Waals surface area contributed by atoms with E-state index in [1.54, 1.807) is 11.3 Å². The Morgan fingerprint density at radius 2 is 2.09 bits per heavy atom. The van der Waals surface area contributed by atoms with Gasteiger partial charge in [0.05, 0.1) is 0 Å². The summed E-state index contributed by atoms with van der Waals surface area (Å²) < 4.78 is 1.26. The van der Waals surface area contributed by atoms with Crippen LogP contribution >= 0.6 is 11.3 Å². The number of hydrogen-bond donors (Lipinski definition) is 1. The van der Waals surface area contributed by atoms with Crippen LogP contribution in [0.15, 0.2) is 30.3 Å². The van der Waals surface area contributed by atoms with E-state index in [2.05, 4.69) is 12.1 Å². The standard InChI is InChI=1S/C9H7NS/c10-6-8-5-7-3-1-2-4-9(7)11-8/h1-6,10H. The lowest BCUT2D eigenvalue weighted by atomic mass is 10.2. The molecule has 1 aromatic carbocycles. The molecule has 1 nitrogen and oxygen atoms in total. The number of benzene rings is 1. The van der Waals surface area contributed by atoms with Crippen LogP contribution in [0.1, 0.15) is 4.88 Å². The fourth-order valence-corrected chi connectivity index (χ4v) is 1.96. The zero-order valence-corrected chi connectivity index (χ0v) is 6.69. The summed E-state index contributed by atoms with van der Waals surface area (Å²) in [6.45, 7) is 0. The van der Waals surface area contributed by atoms with Gasteiger partial charge >= 0.3 is 0 Å². The average molecular weight is 161 g/mol. The van der Waals surface area contributed by atoms with Crippen molar-refractivity contribution in [2.24, 2.45) is 0 Å². The van der Waals surface area contributed by atoms with E-state index >= 15 is 0 Å². The topological polar surface area (TPSA) is 23.9 Å². The number of fused-ring (bicyclic) bond motifs is 1. The molecule has 2 aromatic rings. The third kappa shape index (κ3) is 1.05. The minimum Gasteiger partial charge on any atom is -0.307 e. The first kappa shape index (κ1) is 6.55. The molecule has 0 radical (unpaired) electrons.